The van der Waals surface area contributed by atoms with E-state index in [0.29, 0.717) is 0 Å². The van der Waals surface area contributed by atoms with Crippen molar-refractivity contribution >= 4 is 0 Å². The number of nitrogens with zero attached hydrogens (tertiary/aromatic N) is 1. The van der Waals surface area contributed by atoms with Crippen LogP contribution in [0.4, 0.5) is 0 Å². The molecule has 0 N–H and O–H groups in total. The van der Waals surface area contributed by atoms with E-state index in [9.17, 15) is 0 Å². The molecule has 84 valence electrons. The maximum atomic E-state index is 5.10. The summed E-state index contributed by atoms with van der Waals surface area (Å²) in [6, 6.07) is 13.0. The molecule has 1 aliphatic heterocycles. The second-order valence-electron chi connectivity index (χ2n) is 2.92. The molecule has 0 bridgehead atoms. The van der Waals surface area contributed by atoms with Crippen molar-refractivity contribution in [3.8, 4) is 0 Å². The van der Waals surface area contributed by atoms with Crippen LogP contribution in [0.3, 0.4) is 0 Å². The van der Waals surface area contributed by atoms with Crippen LogP contribution < -0.4 is 0 Å². The van der Waals surface area contributed by atoms with Crippen LogP contribution in [0.5, 0.6) is 0 Å². The summed E-state index contributed by atoms with van der Waals surface area (Å²) in [7, 11) is 2.11. The van der Waals surface area contributed by atoms with Gasteiger partial charge in [-0.05, 0) is 19.2 Å². The van der Waals surface area contributed by atoms with Crippen molar-refractivity contribution in [1.82, 2.24) is 4.90 Å². The molecule has 2 heteroatoms. The summed E-state index contributed by atoms with van der Waals surface area (Å²) in [4.78, 5) is 2.27. The minimum absolute atomic E-state index is 0.913. The van der Waals surface area contributed by atoms with Gasteiger partial charge in [-0.15, -0.1) is 0 Å². The molecule has 0 radical (unpaired) electrons. The Morgan fingerprint density at radius 2 is 1.47 bits per heavy atom. The van der Waals surface area contributed by atoms with E-state index in [4.69, 9.17) is 4.74 Å². The van der Waals surface area contributed by atoms with E-state index in [-0.39, 0.29) is 0 Å². The quantitative estimate of drug-likeness (QED) is 0.647. The van der Waals surface area contributed by atoms with Crippen molar-refractivity contribution in [2.75, 3.05) is 33.4 Å². The normalized spacial score (nSPS) is 14.9. The second kappa shape index (κ2) is 11.0. The van der Waals surface area contributed by atoms with Crippen molar-refractivity contribution in [3.63, 3.8) is 0 Å². The van der Waals surface area contributed by atoms with E-state index in [0.717, 1.165) is 26.3 Å². The molecule has 0 unspecified atom stereocenters. The maximum absolute atomic E-state index is 5.10. The molecule has 1 aliphatic rings. The molecule has 15 heavy (non-hydrogen) atoms. The van der Waals surface area contributed by atoms with Crippen LogP contribution in [0.1, 0.15) is 13.8 Å². The summed E-state index contributed by atoms with van der Waals surface area (Å²) in [5.74, 6) is 0. The third-order valence-electron chi connectivity index (χ3n) is 1.79. The lowest BCUT2D eigenvalue weighted by atomic mass is 10.4. The highest BCUT2D eigenvalue weighted by molar-refractivity contribution is 4.89. The molecule has 1 saturated heterocycles. The number of hydrogen-bond donors (Lipinski definition) is 0. The largest absolute Gasteiger partial charge is 0.379 e. The van der Waals surface area contributed by atoms with Crippen LogP contribution in [0.25, 0.3) is 0 Å². The lowest BCUT2D eigenvalue weighted by Crippen LogP contribution is -2.32. The Bertz CT molecular complexity index is 168. The molecule has 0 atom stereocenters. The summed E-state index contributed by atoms with van der Waals surface area (Å²) in [6.45, 7) is 8.02. The third kappa shape index (κ3) is 9.27. The predicted molar refractivity (Wildman–Crippen MR) is 63.8 cm³/mol. The Morgan fingerprint density at radius 1 is 1.00 bits per heavy atom. The Labute approximate surface area is 93.9 Å². The summed E-state index contributed by atoms with van der Waals surface area (Å²) in [5, 5.41) is 0. The lowest BCUT2D eigenvalue weighted by Gasteiger charge is -2.21. The molecule has 1 aromatic carbocycles. The van der Waals surface area contributed by atoms with Crippen molar-refractivity contribution in [2.24, 2.45) is 0 Å². The first kappa shape index (κ1) is 14.0. The van der Waals surface area contributed by atoms with Gasteiger partial charge in [0.05, 0.1) is 13.2 Å². The Kier molecular flexibility index (Phi) is 10.3. The van der Waals surface area contributed by atoms with Crippen molar-refractivity contribution < 1.29 is 4.74 Å². The summed E-state index contributed by atoms with van der Waals surface area (Å²) in [6.07, 6.45) is 0. The van der Waals surface area contributed by atoms with Crippen LogP contribution in [0.15, 0.2) is 24.3 Å². The van der Waals surface area contributed by atoms with Crippen LogP contribution in [0.2, 0.25) is 0 Å². The van der Waals surface area contributed by atoms with Crippen LogP contribution in [-0.4, -0.2) is 38.3 Å². The first-order valence-electron chi connectivity index (χ1n) is 5.48. The van der Waals surface area contributed by atoms with Gasteiger partial charge in [-0.1, -0.05) is 38.1 Å². The van der Waals surface area contributed by atoms with E-state index >= 15 is 0 Å². The van der Waals surface area contributed by atoms with Gasteiger partial charge in [-0.3, -0.25) is 0 Å². The number of likely N-dealkylation sites (N-methyl/N-ethyl adjacent to an activating group) is 1. The van der Waals surface area contributed by atoms with E-state index < -0.39 is 0 Å². The predicted octanol–water partition coefficient (Wildman–Crippen LogP) is 2.26. The Hall–Kier alpha value is -1.04. The first-order valence-corrected chi connectivity index (χ1v) is 5.48. The highest BCUT2D eigenvalue weighted by Gasteiger charge is 2.02. The molecule has 1 heterocycles. The lowest BCUT2D eigenvalue weighted by molar-refractivity contribution is 0.0503. The molecule has 1 aromatic rings. The monoisotopic (exact) mass is 207 g/mol. The van der Waals surface area contributed by atoms with Gasteiger partial charge < -0.3 is 9.64 Å². The minimum atomic E-state index is 0.913. The van der Waals surface area contributed by atoms with Crippen LogP contribution >= 0.6 is 0 Å². The summed E-state index contributed by atoms with van der Waals surface area (Å²) >= 11 is 0. The van der Waals surface area contributed by atoms with Gasteiger partial charge in [0, 0.05) is 13.1 Å². The maximum Gasteiger partial charge on any atom is 0.0594 e. The Balaban J connectivity index is 0.000000227. The minimum Gasteiger partial charge on any atom is -0.379 e. The number of ether oxygens (including phenoxy) is 1. The first-order chi connectivity index (χ1) is 7.39. The van der Waals surface area contributed by atoms with Crippen molar-refractivity contribution in [2.45, 2.75) is 13.8 Å². The number of hydrogen-bond acceptors (Lipinski definition) is 2. The third-order valence-corrected chi connectivity index (χ3v) is 1.79. The topological polar surface area (TPSA) is 12.5 Å². The fourth-order valence-electron chi connectivity index (χ4n) is 0.958. The fraction of sp³-hybridized carbons (Fsp3) is 0.538. The fourth-order valence-corrected chi connectivity index (χ4v) is 0.958. The van der Waals surface area contributed by atoms with Crippen LogP contribution in [0, 0.1) is 12.1 Å². The Morgan fingerprint density at radius 3 is 1.67 bits per heavy atom. The van der Waals surface area contributed by atoms with E-state index in [2.05, 4.69) is 24.1 Å². The molecule has 2 rings (SSSR count). The van der Waals surface area contributed by atoms with E-state index in [1.54, 1.807) is 0 Å². The molecule has 0 amide bonds. The van der Waals surface area contributed by atoms with Crippen molar-refractivity contribution in [1.29, 1.82) is 0 Å². The number of morpholine rings is 1. The van der Waals surface area contributed by atoms with Crippen LogP contribution in [-0.2, 0) is 4.74 Å². The zero-order valence-electron chi connectivity index (χ0n) is 9.99. The van der Waals surface area contributed by atoms with Gasteiger partial charge in [0.15, 0.2) is 0 Å². The summed E-state index contributed by atoms with van der Waals surface area (Å²) in [5.41, 5.74) is 0. The van der Waals surface area contributed by atoms with Gasteiger partial charge in [-0.2, -0.15) is 0 Å². The molecular formula is C13H21NO. The zero-order valence-corrected chi connectivity index (χ0v) is 9.99. The SMILES string of the molecule is CC.CN1CCOCC1.c1ccccc#1. The molecule has 1 fully saturated rings. The van der Waals surface area contributed by atoms with Crippen molar-refractivity contribution in [3.05, 3.63) is 36.4 Å². The van der Waals surface area contributed by atoms with Gasteiger partial charge in [0.2, 0.25) is 0 Å². The molecule has 0 saturated carbocycles. The molecule has 0 aromatic heterocycles. The smallest absolute Gasteiger partial charge is 0.0594 e. The highest BCUT2D eigenvalue weighted by Crippen LogP contribution is 1.89. The average Bonchev–Trinajstić information content (AvgIpc) is 2.36. The standard InChI is InChI=1S/C6H4.C5H11NO.C2H6/c1-2-4-6-5-3-1;1-6-2-4-7-5-3-6;1-2/h1-4H;2-5H2,1H3;1-2H3. The molecule has 0 spiro atoms. The second-order valence-corrected chi connectivity index (χ2v) is 2.92. The van der Waals surface area contributed by atoms with Gasteiger partial charge >= 0.3 is 0 Å². The van der Waals surface area contributed by atoms with E-state index in [1.165, 1.54) is 0 Å². The van der Waals surface area contributed by atoms with Gasteiger partial charge in [-0.25, -0.2) is 0 Å². The number of rotatable bonds is 0. The highest BCUT2D eigenvalue weighted by atomic mass is 16.5. The summed E-state index contributed by atoms with van der Waals surface area (Å²) < 4.78 is 5.10. The van der Waals surface area contributed by atoms with E-state index in [1.807, 2.05) is 38.1 Å². The average molecular weight is 207 g/mol. The van der Waals surface area contributed by atoms with Gasteiger partial charge in [0.1, 0.15) is 0 Å². The zero-order chi connectivity index (χ0) is 11.4. The molecule has 2 nitrogen and oxygen atoms in total. The molecule has 0 aliphatic carbocycles. The van der Waals surface area contributed by atoms with Gasteiger partial charge in [0.25, 0.3) is 0 Å². The molecular weight excluding hydrogens is 186 g/mol.